The van der Waals surface area contributed by atoms with Crippen molar-refractivity contribution in [1.82, 2.24) is 14.9 Å². The van der Waals surface area contributed by atoms with Gasteiger partial charge in [-0.05, 0) is 13.0 Å². The largest absolute Gasteiger partial charge is 0.496 e. The average Bonchev–Trinajstić information content (AvgIpc) is 2.77. The maximum Gasteiger partial charge on any atom is 0.321 e. The summed E-state index contributed by atoms with van der Waals surface area (Å²) in [6.45, 7) is 0.502. The third kappa shape index (κ3) is 4.93. The lowest BCUT2D eigenvalue weighted by Crippen LogP contribution is -2.40. The van der Waals surface area contributed by atoms with E-state index in [1.807, 2.05) is 0 Å². The van der Waals surface area contributed by atoms with E-state index in [1.54, 1.807) is 11.8 Å². The summed E-state index contributed by atoms with van der Waals surface area (Å²) in [5.74, 6) is -1.78. The minimum atomic E-state index is -3.11. The van der Waals surface area contributed by atoms with Gasteiger partial charge in [0.1, 0.15) is 5.75 Å². The molecule has 8 nitrogen and oxygen atoms in total. The fourth-order valence-corrected chi connectivity index (χ4v) is 3.32. The molecule has 0 bridgehead atoms. The van der Waals surface area contributed by atoms with Gasteiger partial charge >= 0.3 is 6.55 Å². The highest BCUT2D eigenvalue weighted by Crippen LogP contribution is 2.38. The fraction of sp³-hybridized carbons (Fsp3) is 0.421. The van der Waals surface area contributed by atoms with Crippen LogP contribution in [0.4, 0.5) is 30.6 Å². The second-order valence-corrected chi connectivity index (χ2v) is 6.86. The van der Waals surface area contributed by atoms with Crippen LogP contribution in [0, 0.1) is 5.82 Å². The van der Waals surface area contributed by atoms with Crippen molar-refractivity contribution in [1.29, 1.82) is 0 Å². The number of ether oxygens (including phenoxy) is 2. The Labute approximate surface area is 181 Å². The molecular weight excluding hydrogens is 439 g/mol. The molecule has 2 aromatic rings. The normalized spacial score (nSPS) is 14.0. The van der Waals surface area contributed by atoms with E-state index in [1.165, 1.54) is 19.2 Å². The zero-order valence-electron chi connectivity index (χ0n) is 16.9. The van der Waals surface area contributed by atoms with Crippen LogP contribution in [0.15, 0.2) is 18.3 Å². The van der Waals surface area contributed by atoms with E-state index >= 15 is 0 Å². The number of alkyl halides is 2. The predicted molar refractivity (Wildman–Crippen MR) is 109 cm³/mol. The van der Waals surface area contributed by atoms with Crippen LogP contribution < -0.4 is 15.0 Å². The summed E-state index contributed by atoms with van der Waals surface area (Å²) >= 11 is 6.29. The number of nitrogens with zero attached hydrogens (tertiary/aromatic N) is 4. The first-order chi connectivity index (χ1) is 14.9. The number of anilines is 3. The zero-order chi connectivity index (χ0) is 22.5. The lowest BCUT2D eigenvalue weighted by molar-refractivity contribution is 0.0301. The lowest BCUT2D eigenvalue weighted by atomic mass is 10.1. The van der Waals surface area contributed by atoms with Crippen LogP contribution in [-0.2, 0) is 4.74 Å². The number of benzene rings is 1. The molecule has 1 aliphatic rings. The molecule has 2 heterocycles. The van der Waals surface area contributed by atoms with Gasteiger partial charge in [-0.2, -0.15) is 13.8 Å². The summed E-state index contributed by atoms with van der Waals surface area (Å²) in [6, 6.07) is 2.47. The second kappa shape index (κ2) is 10.0. The van der Waals surface area contributed by atoms with Crippen LogP contribution in [0.5, 0.6) is 5.75 Å². The molecule has 1 aromatic carbocycles. The van der Waals surface area contributed by atoms with Crippen molar-refractivity contribution >= 4 is 35.0 Å². The molecule has 0 radical (unpaired) electrons. The van der Waals surface area contributed by atoms with Gasteiger partial charge in [-0.3, -0.25) is 9.69 Å². The standard InChI is InChI=1S/C19H21ClF3N5O3/c1-3-24-16-13(21)10-25-19(26-16)28(18(22)23)14-9-15(30-2)11(8-12(14)20)17(29)27-4-6-31-7-5-27/h8-10,18H,3-7H2,1-2H3,(H,24,25,26). The number of amides is 1. The van der Waals surface area contributed by atoms with Crippen molar-refractivity contribution in [2.45, 2.75) is 13.5 Å². The van der Waals surface area contributed by atoms with Gasteiger partial charge in [0, 0.05) is 25.7 Å². The number of hydrogen-bond donors (Lipinski definition) is 1. The van der Waals surface area contributed by atoms with E-state index in [2.05, 4.69) is 15.3 Å². The number of morpholine rings is 1. The molecule has 0 atom stereocenters. The summed E-state index contributed by atoms with van der Waals surface area (Å²) in [5.41, 5.74) is -0.0677. The van der Waals surface area contributed by atoms with Crippen LogP contribution in [-0.4, -0.2) is 67.3 Å². The average molecular weight is 460 g/mol. The predicted octanol–water partition coefficient (Wildman–Crippen LogP) is 3.54. The first-order valence-corrected chi connectivity index (χ1v) is 9.83. The van der Waals surface area contributed by atoms with E-state index in [-0.39, 0.29) is 33.7 Å². The Bertz CT molecular complexity index is 944. The lowest BCUT2D eigenvalue weighted by Gasteiger charge is -2.28. The number of aromatic nitrogens is 2. The minimum absolute atomic E-state index is 0.0514. The van der Waals surface area contributed by atoms with Crippen molar-refractivity contribution in [3.05, 3.63) is 34.7 Å². The molecule has 1 fully saturated rings. The number of carbonyl (C=O) groups is 1. The number of carbonyl (C=O) groups excluding carboxylic acids is 1. The van der Waals surface area contributed by atoms with Gasteiger partial charge in [0.15, 0.2) is 11.6 Å². The van der Waals surface area contributed by atoms with Gasteiger partial charge in [0.25, 0.3) is 5.91 Å². The molecule has 0 aliphatic carbocycles. The van der Waals surface area contributed by atoms with Gasteiger partial charge in [-0.1, -0.05) is 11.6 Å². The molecule has 1 N–H and O–H groups in total. The highest BCUT2D eigenvalue weighted by Gasteiger charge is 2.29. The highest BCUT2D eigenvalue weighted by atomic mass is 35.5. The Morgan fingerprint density at radius 3 is 2.71 bits per heavy atom. The number of hydrogen-bond acceptors (Lipinski definition) is 7. The number of nitrogens with one attached hydrogen (secondary N) is 1. The van der Waals surface area contributed by atoms with Gasteiger partial charge in [0.05, 0.1) is 42.8 Å². The Morgan fingerprint density at radius 1 is 1.39 bits per heavy atom. The highest BCUT2D eigenvalue weighted by molar-refractivity contribution is 6.34. The Kier molecular flexibility index (Phi) is 7.39. The molecule has 168 valence electrons. The van der Waals surface area contributed by atoms with Gasteiger partial charge < -0.3 is 19.7 Å². The van der Waals surface area contributed by atoms with Crippen LogP contribution in [0.25, 0.3) is 0 Å². The van der Waals surface area contributed by atoms with Gasteiger partial charge in [-0.15, -0.1) is 0 Å². The topological polar surface area (TPSA) is 79.8 Å². The molecule has 3 rings (SSSR count). The molecule has 1 aromatic heterocycles. The molecule has 0 spiro atoms. The summed E-state index contributed by atoms with van der Waals surface area (Å²) in [4.78, 5) is 22.4. The third-order valence-corrected chi connectivity index (χ3v) is 4.85. The fourth-order valence-electron chi connectivity index (χ4n) is 3.07. The quantitative estimate of drug-likeness (QED) is 0.634. The van der Waals surface area contributed by atoms with E-state index in [0.29, 0.717) is 37.7 Å². The smallest absolute Gasteiger partial charge is 0.321 e. The van der Waals surface area contributed by atoms with Crippen LogP contribution in [0.2, 0.25) is 5.02 Å². The Balaban J connectivity index is 2.03. The van der Waals surface area contributed by atoms with E-state index in [9.17, 15) is 18.0 Å². The summed E-state index contributed by atoms with van der Waals surface area (Å²) < 4.78 is 52.4. The maximum atomic E-state index is 14.0. The molecule has 31 heavy (non-hydrogen) atoms. The van der Waals surface area contributed by atoms with Crippen molar-refractivity contribution < 1.29 is 27.4 Å². The molecule has 1 amide bonds. The van der Waals surface area contributed by atoms with Crippen molar-refractivity contribution in [2.75, 3.05) is 50.2 Å². The Hall–Kier alpha value is -2.79. The number of rotatable bonds is 7. The molecule has 0 saturated carbocycles. The molecule has 1 saturated heterocycles. The SMILES string of the molecule is CCNc1nc(N(c2cc(OC)c(C(=O)N3CCOCC3)cc2Cl)C(F)F)ncc1F. The van der Waals surface area contributed by atoms with E-state index in [0.717, 1.165) is 6.20 Å². The molecule has 12 heteroatoms. The third-order valence-electron chi connectivity index (χ3n) is 4.54. The maximum absolute atomic E-state index is 14.0. The second-order valence-electron chi connectivity index (χ2n) is 6.45. The first-order valence-electron chi connectivity index (χ1n) is 9.45. The monoisotopic (exact) mass is 459 g/mol. The van der Waals surface area contributed by atoms with E-state index < -0.39 is 18.3 Å². The van der Waals surface area contributed by atoms with Gasteiger partial charge in [0.2, 0.25) is 5.95 Å². The summed E-state index contributed by atoms with van der Waals surface area (Å²) in [6.07, 6.45) is 0.789. The van der Waals surface area contributed by atoms with Crippen molar-refractivity contribution in [3.8, 4) is 5.75 Å². The minimum Gasteiger partial charge on any atom is -0.496 e. The Morgan fingerprint density at radius 2 is 2.10 bits per heavy atom. The first kappa shape index (κ1) is 22.9. The van der Waals surface area contributed by atoms with Crippen LogP contribution >= 0.6 is 11.6 Å². The molecular formula is C19H21ClF3N5O3. The summed E-state index contributed by atoms with van der Waals surface area (Å²) in [7, 11) is 1.31. The zero-order valence-corrected chi connectivity index (χ0v) is 17.6. The summed E-state index contributed by atoms with van der Waals surface area (Å²) in [5, 5.41) is 2.50. The van der Waals surface area contributed by atoms with Crippen LogP contribution in [0.3, 0.4) is 0 Å². The van der Waals surface area contributed by atoms with Crippen molar-refractivity contribution in [3.63, 3.8) is 0 Å². The van der Waals surface area contributed by atoms with Gasteiger partial charge in [-0.25, -0.2) is 9.37 Å². The number of methoxy groups -OCH3 is 1. The van der Waals surface area contributed by atoms with Crippen molar-refractivity contribution in [2.24, 2.45) is 0 Å². The van der Waals surface area contributed by atoms with E-state index in [4.69, 9.17) is 21.1 Å². The molecule has 1 aliphatic heterocycles. The van der Waals surface area contributed by atoms with Crippen LogP contribution in [0.1, 0.15) is 17.3 Å². The molecule has 0 unspecified atom stereocenters. The number of halogens is 4.